The predicted molar refractivity (Wildman–Crippen MR) is 111 cm³/mol. The molecule has 0 radical (unpaired) electrons. The Morgan fingerprint density at radius 2 is 1.92 bits per heavy atom. The number of fused-ring (bicyclic) bond motifs is 2. The standard InChI is InChI=1S/C24H39NO/c1-6-7-8-9-12-25-16-18-13-17(2)14-20(22(18)26)21-15-19-10-11-24(21,5)23(19,3)4/h13-14,19,21,25-26H,6-12,15-16H2,1-5H3. The molecule has 2 bridgehead atoms. The van der Waals surface area contributed by atoms with Crippen molar-refractivity contribution in [2.24, 2.45) is 16.7 Å². The van der Waals surface area contributed by atoms with Gasteiger partial charge in [-0.25, -0.2) is 0 Å². The first-order chi connectivity index (χ1) is 12.3. The lowest BCUT2D eigenvalue weighted by molar-refractivity contribution is 0.133. The van der Waals surface area contributed by atoms with Gasteiger partial charge in [0.1, 0.15) is 5.75 Å². The van der Waals surface area contributed by atoms with Crippen molar-refractivity contribution in [1.29, 1.82) is 0 Å². The van der Waals surface area contributed by atoms with Gasteiger partial charge in [0.15, 0.2) is 0 Å². The van der Waals surface area contributed by atoms with Gasteiger partial charge < -0.3 is 10.4 Å². The van der Waals surface area contributed by atoms with Crippen LogP contribution in [0, 0.1) is 23.7 Å². The Morgan fingerprint density at radius 3 is 2.54 bits per heavy atom. The van der Waals surface area contributed by atoms with Crippen molar-refractivity contribution in [1.82, 2.24) is 5.32 Å². The van der Waals surface area contributed by atoms with Gasteiger partial charge in [0, 0.05) is 12.1 Å². The Balaban J connectivity index is 1.74. The number of phenolic OH excluding ortho intramolecular Hbond substituents is 1. The fraction of sp³-hybridized carbons (Fsp3) is 0.750. The van der Waals surface area contributed by atoms with Gasteiger partial charge in [-0.15, -0.1) is 0 Å². The maximum Gasteiger partial charge on any atom is 0.123 e. The molecule has 1 aromatic rings. The van der Waals surface area contributed by atoms with Gasteiger partial charge in [-0.1, -0.05) is 64.7 Å². The van der Waals surface area contributed by atoms with E-state index in [4.69, 9.17) is 0 Å². The van der Waals surface area contributed by atoms with Crippen molar-refractivity contribution in [3.8, 4) is 5.75 Å². The zero-order chi connectivity index (χ0) is 18.9. The molecule has 2 nitrogen and oxygen atoms in total. The summed E-state index contributed by atoms with van der Waals surface area (Å²) in [6.45, 7) is 13.6. The van der Waals surface area contributed by atoms with E-state index in [0.717, 1.165) is 24.6 Å². The number of nitrogens with one attached hydrogen (secondary N) is 1. The van der Waals surface area contributed by atoms with Crippen molar-refractivity contribution in [3.05, 3.63) is 28.8 Å². The molecular weight excluding hydrogens is 318 g/mol. The Bertz CT molecular complexity index is 635. The van der Waals surface area contributed by atoms with E-state index in [9.17, 15) is 5.11 Å². The molecule has 2 N–H and O–H groups in total. The van der Waals surface area contributed by atoms with Gasteiger partial charge in [0.2, 0.25) is 0 Å². The zero-order valence-electron chi connectivity index (χ0n) is 17.6. The van der Waals surface area contributed by atoms with Crippen LogP contribution in [-0.2, 0) is 6.54 Å². The Labute approximate surface area is 160 Å². The summed E-state index contributed by atoms with van der Waals surface area (Å²) in [6, 6.07) is 4.42. The van der Waals surface area contributed by atoms with Gasteiger partial charge >= 0.3 is 0 Å². The van der Waals surface area contributed by atoms with Gasteiger partial charge in [0.25, 0.3) is 0 Å². The maximum absolute atomic E-state index is 11.1. The summed E-state index contributed by atoms with van der Waals surface area (Å²) in [5, 5.41) is 14.6. The fourth-order valence-corrected chi connectivity index (χ4v) is 5.86. The minimum atomic E-state index is 0.313. The first kappa shape index (κ1) is 19.7. The average molecular weight is 358 g/mol. The van der Waals surface area contributed by atoms with Crippen LogP contribution >= 0.6 is 0 Å². The van der Waals surface area contributed by atoms with E-state index in [1.165, 1.54) is 56.1 Å². The first-order valence-corrected chi connectivity index (χ1v) is 10.8. The monoisotopic (exact) mass is 357 g/mol. The maximum atomic E-state index is 11.1. The molecule has 1 aromatic carbocycles. The van der Waals surface area contributed by atoms with E-state index in [-0.39, 0.29) is 0 Å². The molecule has 26 heavy (non-hydrogen) atoms. The third kappa shape index (κ3) is 3.30. The largest absolute Gasteiger partial charge is 0.507 e. The lowest BCUT2D eigenvalue weighted by Crippen LogP contribution is -2.31. The summed E-state index contributed by atoms with van der Waals surface area (Å²) >= 11 is 0. The number of hydrogen-bond acceptors (Lipinski definition) is 2. The van der Waals surface area contributed by atoms with Gasteiger partial charge in [-0.2, -0.15) is 0 Å². The minimum absolute atomic E-state index is 0.313. The number of unbranched alkanes of at least 4 members (excludes halogenated alkanes) is 3. The van der Waals surface area contributed by atoms with E-state index in [1.54, 1.807) is 0 Å². The SMILES string of the molecule is CCCCCCNCc1cc(C)cc(C2CC3CCC2(C)C3(C)C)c1O. The molecule has 0 saturated heterocycles. The van der Waals surface area contributed by atoms with Crippen molar-refractivity contribution in [2.45, 2.75) is 92.0 Å². The highest BCUT2D eigenvalue weighted by Crippen LogP contribution is 2.71. The third-order valence-electron chi connectivity index (χ3n) is 8.05. The molecule has 2 saturated carbocycles. The van der Waals surface area contributed by atoms with Crippen molar-refractivity contribution in [2.75, 3.05) is 6.54 Å². The number of rotatable bonds is 8. The van der Waals surface area contributed by atoms with Crippen LogP contribution in [0.2, 0.25) is 0 Å². The molecule has 2 aliphatic carbocycles. The van der Waals surface area contributed by atoms with E-state index in [0.29, 0.717) is 22.5 Å². The molecule has 0 spiro atoms. The summed E-state index contributed by atoms with van der Waals surface area (Å²) in [5.74, 6) is 1.86. The molecule has 0 aromatic heterocycles. The number of hydrogen-bond donors (Lipinski definition) is 2. The highest BCUT2D eigenvalue weighted by atomic mass is 16.3. The van der Waals surface area contributed by atoms with Crippen LogP contribution in [0.4, 0.5) is 0 Å². The first-order valence-electron chi connectivity index (χ1n) is 10.8. The fourth-order valence-electron chi connectivity index (χ4n) is 5.86. The molecule has 2 fully saturated rings. The summed E-state index contributed by atoms with van der Waals surface area (Å²) in [6.07, 6.45) is 9.02. The molecule has 3 atom stereocenters. The van der Waals surface area contributed by atoms with Gasteiger partial charge in [-0.05, 0) is 67.4 Å². The molecule has 3 rings (SSSR count). The second-order valence-electron chi connectivity index (χ2n) is 9.76. The Morgan fingerprint density at radius 1 is 1.15 bits per heavy atom. The summed E-state index contributed by atoms with van der Waals surface area (Å²) in [7, 11) is 0. The summed E-state index contributed by atoms with van der Waals surface area (Å²) in [5.41, 5.74) is 4.27. The summed E-state index contributed by atoms with van der Waals surface area (Å²) < 4.78 is 0. The molecule has 2 heteroatoms. The Kier molecular flexibility index (Phi) is 5.72. The number of aryl methyl sites for hydroxylation is 1. The van der Waals surface area contributed by atoms with Crippen molar-refractivity contribution in [3.63, 3.8) is 0 Å². The smallest absolute Gasteiger partial charge is 0.123 e. The minimum Gasteiger partial charge on any atom is -0.507 e. The number of phenols is 1. The second kappa shape index (κ2) is 7.54. The normalized spacial score (nSPS) is 29.4. The van der Waals surface area contributed by atoms with E-state index in [2.05, 4.69) is 52.1 Å². The lowest BCUT2D eigenvalue weighted by atomic mass is 9.64. The molecule has 0 heterocycles. The topological polar surface area (TPSA) is 32.3 Å². The molecular formula is C24H39NO. The van der Waals surface area contributed by atoms with Crippen molar-refractivity contribution < 1.29 is 5.11 Å². The van der Waals surface area contributed by atoms with Crippen LogP contribution in [0.5, 0.6) is 5.75 Å². The highest BCUT2D eigenvalue weighted by Gasteiger charge is 2.61. The van der Waals surface area contributed by atoms with Crippen LogP contribution in [0.3, 0.4) is 0 Å². The molecule has 0 aliphatic heterocycles. The van der Waals surface area contributed by atoms with E-state index < -0.39 is 0 Å². The average Bonchev–Trinajstić information content (AvgIpc) is 2.93. The number of benzene rings is 1. The molecule has 3 unspecified atom stereocenters. The lowest BCUT2D eigenvalue weighted by Gasteiger charge is -2.40. The van der Waals surface area contributed by atoms with Crippen molar-refractivity contribution >= 4 is 0 Å². The highest BCUT2D eigenvalue weighted by molar-refractivity contribution is 5.47. The third-order valence-corrected chi connectivity index (χ3v) is 8.05. The van der Waals surface area contributed by atoms with Crippen LogP contribution in [-0.4, -0.2) is 11.7 Å². The Hall–Kier alpha value is -1.02. The van der Waals surface area contributed by atoms with Crippen LogP contribution in [0.25, 0.3) is 0 Å². The van der Waals surface area contributed by atoms with E-state index in [1.807, 2.05) is 0 Å². The van der Waals surface area contributed by atoms with E-state index >= 15 is 0 Å². The second-order valence-corrected chi connectivity index (χ2v) is 9.76. The van der Waals surface area contributed by atoms with Crippen LogP contribution < -0.4 is 5.32 Å². The zero-order valence-corrected chi connectivity index (χ0v) is 17.6. The molecule has 146 valence electrons. The quantitative estimate of drug-likeness (QED) is 0.535. The van der Waals surface area contributed by atoms with Gasteiger partial charge in [0.05, 0.1) is 0 Å². The molecule has 2 aliphatic rings. The van der Waals surface area contributed by atoms with Crippen LogP contribution in [0.1, 0.15) is 95.2 Å². The van der Waals surface area contributed by atoms with Gasteiger partial charge in [-0.3, -0.25) is 0 Å². The summed E-state index contributed by atoms with van der Waals surface area (Å²) in [4.78, 5) is 0. The number of aromatic hydroxyl groups is 1. The van der Waals surface area contributed by atoms with Crippen LogP contribution in [0.15, 0.2) is 12.1 Å². The predicted octanol–water partition coefficient (Wildman–Crippen LogP) is 6.30. The molecule has 0 amide bonds.